The van der Waals surface area contributed by atoms with Gasteiger partial charge >= 0.3 is 6.09 Å². The van der Waals surface area contributed by atoms with Crippen molar-refractivity contribution in [3.8, 4) is 11.5 Å². The van der Waals surface area contributed by atoms with Crippen LogP contribution in [-0.4, -0.2) is 38.4 Å². The third-order valence-corrected chi connectivity index (χ3v) is 5.30. The second-order valence-electron chi connectivity index (χ2n) is 7.26. The van der Waals surface area contributed by atoms with E-state index in [4.69, 9.17) is 19.9 Å². The molecule has 1 atom stereocenters. The van der Waals surface area contributed by atoms with Crippen molar-refractivity contribution in [2.45, 2.75) is 51.0 Å². The molecule has 27 heavy (non-hydrogen) atoms. The van der Waals surface area contributed by atoms with Crippen LogP contribution in [0.15, 0.2) is 18.2 Å². The third kappa shape index (κ3) is 5.05. The number of likely N-dealkylation sites (N-methyl/N-ethyl adjacent to an activating group) is 1. The highest BCUT2D eigenvalue weighted by Crippen LogP contribution is 2.35. The number of primary amides is 1. The van der Waals surface area contributed by atoms with Crippen molar-refractivity contribution in [2.75, 3.05) is 25.2 Å². The van der Waals surface area contributed by atoms with Crippen molar-refractivity contribution in [3.05, 3.63) is 18.2 Å². The highest BCUT2D eigenvalue weighted by atomic mass is 16.6. The first-order valence-corrected chi connectivity index (χ1v) is 9.68. The van der Waals surface area contributed by atoms with Crippen LogP contribution in [0, 0.1) is 5.92 Å². The van der Waals surface area contributed by atoms with E-state index < -0.39 is 12.2 Å². The summed E-state index contributed by atoms with van der Waals surface area (Å²) in [6, 6.07) is 5.37. The minimum Gasteiger partial charge on any atom is -0.494 e. The van der Waals surface area contributed by atoms with Gasteiger partial charge in [-0.2, -0.15) is 0 Å². The number of nitrogens with two attached hydrogens (primary N) is 1. The molecule has 3 rings (SSSR count). The Balaban J connectivity index is 1.57. The molecule has 2 aliphatic rings. The number of fused-ring (bicyclic) bond motifs is 1. The fourth-order valence-electron chi connectivity index (χ4n) is 3.81. The van der Waals surface area contributed by atoms with Crippen molar-refractivity contribution in [1.29, 1.82) is 0 Å². The third-order valence-electron chi connectivity index (χ3n) is 5.30. The summed E-state index contributed by atoms with van der Waals surface area (Å²) < 4.78 is 16.3. The van der Waals surface area contributed by atoms with Gasteiger partial charge in [-0.15, -0.1) is 0 Å². The van der Waals surface area contributed by atoms with Crippen LogP contribution in [0.4, 0.5) is 10.5 Å². The first kappa shape index (κ1) is 19.3. The van der Waals surface area contributed by atoms with E-state index in [1.54, 1.807) is 19.2 Å². The molecule has 0 bridgehead atoms. The summed E-state index contributed by atoms with van der Waals surface area (Å²) in [5, 5.41) is 0. The van der Waals surface area contributed by atoms with E-state index in [0.29, 0.717) is 23.8 Å². The molecule has 7 heteroatoms. The number of benzene rings is 1. The van der Waals surface area contributed by atoms with Gasteiger partial charge in [0.15, 0.2) is 0 Å². The second kappa shape index (κ2) is 8.97. The molecule has 1 aliphatic heterocycles. The summed E-state index contributed by atoms with van der Waals surface area (Å²) in [6.45, 7) is 0.585. The first-order chi connectivity index (χ1) is 13.0. The number of ether oxygens (including phenoxy) is 3. The van der Waals surface area contributed by atoms with Crippen LogP contribution in [-0.2, 0) is 9.53 Å². The van der Waals surface area contributed by atoms with E-state index in [2.05, 4.69) is 0 Å². The maximum absolute atomic E-state index is 12.5. The van der Waals surface area contributed by atoms with Gasteiger partial charge in [-0.1, -0.05) is 32.1 Å². The van der Waals surface area contributed by atoms with Crippen molar-refractivity contribution in [3.63, 3.8) is 0 Å². The van der Waals surface area contributed by atoms with Gasteiger partial charge < -0.3 is 24.8 Å². The Bertz CT molecular complexity index is 672. The largest absolute Gasteiger partial charge is 0.494 e. The molecule has 2 amide bonds. The Morgan fingerprint density at radius 2 is 2.07 bits per heavy atom. The van der Waals surface area contributed by atoms with Crippen LogP contribution in [0.2, 0.25) is 0 Å². The molecule has 1 heterocycles. The van der Waals surface area contributed by atoms with Crippen LogP contribution in [0.1, 0.15) is 44.9 Å². The Morgan fingerprint density at radius 1 is 1.30 bits per heavy atom. The van der Waals surface area contributed by atoms with Crippen molar-refractivity contribution < 1.29 is 23.8 Å². The van der Waals surface area contributed by atoms with Gasteiger partial charge in [0.2, 0.25) is 6.10 Å². The molecule has 148 valence electrons. The summed E-state index contributed by atoms with van der Waals surface area (Å²) in [7, 11) is 1.61. The summed E-state index contributed by atoms with van der Waals surface area (Å²) in [5.41, 5.74) is 5.61. The minimum absolute atomic E-state index is 0.0687. The van der Waals surface area contributed by atoms with E-state index >= 15 is 0 Å². The SMILES string of the molecule is CN1C(=O)[C@@H](OC(N)=O)COc2ccc(OCCCC3CCCCC3)cc21. The predicted molar refractivity (Wildman–Crippen MR) is 101 cm³/mol. The zero-order valence-electron chi connectivity index (χ0n) is 15.8. The lowest BCUT2D eigenvalue weighted by Gasteiger charge is -2.21. The Hall–Kier alpha value is -2.44. The molecular weight excluding hydrogens is 348 g/mol. The molecule has 1 aliphatic carbocycles. The normalized spacial score (nSPS) is 20.4. The molecule has 1 aromatic carbocycles. The predicted octanol–water partition coefficient (Wildman–Crippen LogP) is 3.25. The molecule has 0 unspecified atom stereocenters. The van der Waals surface area contributed by atoms with Gasteiger partial charge in [0, 0.05) is 13.1 Å². The lowest BCUT2D eigenvalue weighted by molar-refractivity contribution is -0.127. The van der Waals surface area contributed by atoms with E-state index in [1.807, 2.05) is 6.07 Å². The Morgan fingerprint density at radius 3 is 2.81 bits per heavy atom. The van der Waals surface area contributed by atoms with E-state index in [0.717, 1.165) is 12.3 Å². The monoisotopic (exact) mass is 376 g/mol. The molecule has 0 aromatic heterocycles. The molecule has 0 radical (unpaired) electrons. The number of nitrogens with zero attached hydrogens (tertiary/aromatic N) is 1. The molecule has 1 aromatic rings. The summed E-state index contributed by atoms with van der Waals surface area (Å²) >= 11 is 0. The highest BCUT2D eigenvalue weighted by molar-refractivity contribution is 5.99. The molecule has 0 spiro atoms. The lowest BCUT2D eigenvalue weighted by atomic mass is 9.86. The van der Waals surface area contributed by atoms with Gasteiger partial charge in [0.1, 0.15) is 18.1 Å². The van der Waals surface area contributed by atoms with Crippen molar-refractivity contribution in [2.24, 2.45) is 11.7 Å². The summed E-state index contributed by atoms with van der Waals surface area (Å²) in [6.07, 6.45) is 6.96. The summed E-state index contributed by atoms with van der Waals surface area (Å²) in [4.78, 5) is 24.8. The van der Waals surface area contributed by atoms with Crippen molar-refractivity contribution >= 4 is 17.7 Å². The first-order valence-electron chi connectivity index (χ1n) is 9.68. The number of hydrogen-bond donors (Lipinski definition) is 1. The second-order valence-corrected chi connectivity index (χ2v) is 7.26. The van der Waals surface area contributed by atoms with Gasteiger partial charge in [0.05, 0.1) is 12.3 Å². The number of hydrogen-bond acceptors (Lipinski definition) is 5. The van der Waals surface area contributed by atoms with Crippen LogP contribution >= 0.6 is 0 Å². The fraction of sp³-hybridized carbons (Fsp3) is 0.600. The minimum atomic E-state index is -1.06. The molecule has 2 N–H and O–H groups in total. The van der Waals surface area contributed by atoms with Crippen LogP contribution in [0.25, 0.3) is 0 Å². The quantitative estimate of drug-likeness (QED) is 0.770. The number of anilines is 1. The van der Waals surface area contributed by atoms with Gasteiger partial charge in [-0.25, -0.2) is 4.79 Å². The molecule has 1 saturated carbocycles. The van der Waals surface area contributed by atoms with Crippen LogP contribution < -0.4 is 20.1 Å². The maximum atomic E-state index is 12.5. The molecular formula is C20H28N2O5. The van der Waals surface area contributed by atoms with E-state index in [1.165, 1.54) is 43.4 Å². The molecule has 7 nitrogen and oxygen atoms in total. The van der Waals surface area contributed by atoms with Gasteiger partial charge in [-0.3, -0.25) is 4.79 Å². The number of rotatable bonds is 6. The standard InChI is InChI=1S/C20H28N2O5/c1-22-16-12-15(25-11-5-8-14-6-3-2-4-7-14)9-10-17(16)26-13-18(19(22)23)27-20(21)24/h9-10,12,14,18H,2-8,11,13H2,1H3,(H2,21,24)/t18-/m0/s1. The smallest absolute Gasteiger partial charge is 0.405 e. The summed E-state index contributed by atoms with van der Waals surface area (Å²) in [5.74, 6) is 1.68. The van der Waals surface area contributed by atoms with Crippen molar-refractivity contribution in [1.82, 2.24) is 0 Å². The lowest BCUT2D eigenvalue weighted by Crippen LogP contribution is -2.41. The van der Waals surface area contributed by atoms with Crippen LogP contribution in [0.3, 0.4) is 0 Å². The molecule has 0 saturated heterocycles. The highest BCUT2D eigenvalue weighted by Gasteiger charge is 2.32. The number of amides is 2. The number of carbonyl (C=O) groups is 2. The molecule has 1 fully saturated rings. The van der Waals surface area contributed by atoms with Crippen LogP contribution in [0.5, 0.6) is 11.5 Å². The average Bonchev–Trinajstić information content (AvgIpc) is 2.78. The van der Waals surface area contributed by atoms with Gasteiger partial charge in [-0.05, 0) is 30.9 Å². The van der Waals surface area contributed by atoms with E-state index in [9.17, 15) is 9.59 Å². The zero-order chi connectivity index (χ0) is 19.2. The Kier molecular flexibility index (Phi) is 6.42. The number of carbonyl (C=O) groups excluding carboxylic acids is 2. The average molecular weight is 376 g/mol. The maximum Gasteiger partial charge on any atom is 0.405 e. The Labute approximate surface area is 159 Å². The van der Waals surface area contributed by atoms with E-state index in [-0.39, 0.29) is 12.5 Å². The fourth-order valence-corrected chi connectivity index (χ4v) is 3.81. The zero-order valence-corrected chi connectivity index (χ0v) is 15.8. The topological polar surface area (TPSA) is 91.1 Å². The van der Waals surface area contributed by atoms with Gasteiger partial charge in [0.25, 0.3) is 5.91 Å².